The van der Waals surface area contributed by atoms with Gasteiger partial charge in [0, 0.05) is 18.3 Å². The van der Waals surface area contributed by atoms with Crippen LogP contribution in [0, 0.1) is 0 Å². The third-order valence-corrected chi connectivity index (χ3v) is 6.70. The Kier molecular flexibility index (Phi) is 6.98. The molecule has 178 valence electrons. The highest BCUT2D eigenvalue weighted by atomic mass is 32.2. The molecule has 0 fully saturated rings. The number of alkyl halides is 2. The number of imidazole rings is 1. The Morgan fingerprint density at radius 2 is 1.79 bits per heavy atom. The van der Waals surface area contributed by atoms with Crippen molar-refractivity contribution in [2.75, 3.05) is 10.1 Å². The van der Waals surface area contributed by atoms with Gasteiger partial charge in [-0.15, -0.1) is 10.2 Å². The molecule has 9 nitrogen and oxygen atoms in total. The van der Waals surface area contributed by atoms with Gasteiger partial charge in [-0.3, -0.25) is 4.31 Å². The minimum absolute atomic E-state index is 0.0445. The molecule has 0 atom stereocenters. The van der Waals surface area contributed by atoms with Crippen molar-refractivity contribution >= 4 is 15.7 Å². The third kappa shape index (κ3) is 5.46. The molecular weight excluding hydrogens is 468 g/mol. The van der Waals surface area contributed by atoms with Crippen LogP contribution >= 0.6 is 0 Å². The fraction of sp³-hybridized carbons (Fsp3) is 0.227. The zero-order valence-corrected chi connectivity index (χ0v) is 18.6. The molecule has 0 aliphatic heterocycles. The molecule has 2 aromatic carbocycles. The number of aliphatic hydroxyl groups is 1. The number of hydrogen-bond acceptors (Lipinski definition) is 7. The number of aliphatic hydroxyl groups excluding tert-OH is 1. The topological polar surface area (TPSA) is 114 Å². The zero-order valence-electron chi connectivity index (χ0n) is 17.8. The van der Waals surface area contributed by atoms with Crippen molar-refractivity contribution in [2.24, 2.45) is 0 Å². The average Bonchev–Trinajstić information content (AvgIpc) is 3.52. The smallest absolute Gasteiger partial charge is 0.314 e. The quantitative estimate of drug-likeness (QED) is 0.363. The van der Waals surface area contributed by atoms with Crippen LogP contribution in [0.15, 0.2) is 71.5 Å². The molecule has 0 amide bonds. The van der Waals surface area contributed by atoms with Gasteiger partial charge in [-0.1, -0.05) is 30.3 Å². The maximum atomic E-state index is 13.3. The molecular formula is C22H21F2N5O4S. The molecule has 0 spiro atoms. The Morgan fingerprint density at radius 3 is 2.41 bits per heavy atom. The van der Waals surface area contributed by atoms with Crippen molar-refractivity contribution in [1.82, 2.24) is 19.7 Å². The normalized spacial score (nSPS) is 11.8. The van der Waals surface area contributed by atoms with Crippen LogP contribution in [0.5, 0.6) is 0 Å². The second kappa shape index (κ2) is 10.1. The highest BCUT2D eigenvalue weighted by molar-refractivity contribution is 7.92. The van der Waals surface area contributed by atoms with E-state index in [1.54, 1.807) is 65.4 Å². The second-order valence-corrected chi connectivity index (χ2v) is 9.38. The van der Waals surface area contributed by atoms with Crippen LogP contribution in [-0.2, 0) is 29.7 Å². The lowest BCUT2D eigenvalue weighted by molar-refractivity contribution is 0.116. The molecule has 0 aliphatic carbocycles. The highest BCUT2D eigenvalue weighted by Gasteiger charge is 2.23. The van der Waals surface area contributed by atoms with Gasteiger partial charge in [0.15, 0.2) is 0 Å². The Bertz CT molecular complexity index is 1320. The predicted molar refractivity (Wildman–Crippen MR) is 119 cm³/mol. The van der Waals surface area contributed by atoms with Crippen LogP contribution < -0.4 is 4.31 Å². The molecule has 0 radical (unpaired) electrons. The standard InChI is InChI=1S/C22H21F2N5O4S/c23-20(24)22-27-26-21(33-22)17-8-6-16(7-9-17)12-29(19-4-2-1-3-5-19)34(31,32)11-10-28-13-18(14-30)25-15-28/h1-9,13,15,20,30H,10-12,14H2. The minimum Gasteiger partial charge on any atom is -0.415 e. The molecule has 0 aliphatic rings. The molecule has 34 heavy (non-hydrogen) atoms. The second-order valence-electron chi connectivity index (χ2n) is 7.36. The summed E-state index contributed by atoms with van der Waals surface area (Å²) in [6.45, 7) is 0.00469. The van der Waals surface area contributed by atoms with Crippen LogP contribution in [0.3, 0.4) is 0 Å². The Balaban J connectivity index is 1.54. The Hall–Kier alpha value is -3.64. The summed E-state index contributed by atoms with van der Waals surface area (Å²) in [5.74, 6) is -0.985. The summed E-state index contributed by atoms with van der Waals surface area (Å²) in [5, 5.41) is 16.1. The van der Waals surface area contributed by atoms with Gasteiger partial charge in [0.25, 0.3) is 5.89 Å². The maximum absolute atomic E-state index is 13.3. The summed E-state index contributed by atoms with van der Waals surface area (Å²) >= 11 is 0. The Morgan fingerprint density at radius 1 is 1.06 bits per heavy atom. The van der Waals surface area contributed by atoms with Gasteiger partial charge in [0.05, 0.1) is 36.6 Å². The highest BCUT2D eigenvalue weighted by Crippen LogP contribution is 2.25. The summed E-state index contributed by atoms with van der Waals surface area (Å²) in [4.78, 5) is 4.00. The molecule has 0 unspecified atom stereocenters. The van der Waals surface area contributed by atoms with Crippen molar-refractivity contribution in [2.45, 2.75) is 26.1 Å². The van der Waals surface area contributed by atoms with Gasteiger partial charge in [0.1, 0.15) is 0 Å². The van der Waals surface area contributed by atoms with E-state index in [-0.39, 0.29) is 31.3 Å². The predicted octanol–water partition coefficient (Wildman–Crippen LogP) is 3.40. The minimum atomic E-state index is -3.74. The van der Waals surface area contributed by atoms with Gasteiger partial charge in [-0.2, -0.15) is 8.78 Å². The Labute approximate surface area is 194 Å². The molecule has 2 heterocycles. The molecule has 0 bridgehead atoms. The first-order valence-electron chi connectivity index (χ1n) is 10.2. The van der Waals surface area contributed by atoms with E-state index in [2.05, 4.69) is 15.2 Å². The van der Waals surface area contributed by atoms with Crippen LogP contribution in [0.2, 0.25) is 0 Å². The van der Waals surface area contributed by atoms with E-state index in [1.165, 1.54) is 10.6 Å². The van der Waals surface area contributed by atoms with E-state index >= 15 is 0 Å². The fourth-order valence-electron chi connectivity index (χ4n) is 3.24. The molecule has 4 rings (SSSR count). The van der Waals surface area contributed by atoms with Crippen LogP contribution in [0.4, 0.5) is 14.5 Å². The molecule has 2 aromatic heterocycles. The lowest BCUT2D eigenvalue weighted by Crippen LogP contribution is -2.33. The van der Waals surface area contributed by atoms with Crippen molar-refractivity contribution < 1.29 is 26.7 Å². The number of hydrogen-bond donors (Lipinski definition) is 1. The monoisotopic (exact) mass is 489 g/mol. The summed E-state index contributed by atoms with van der Waals surface area (Å²) < 4.78 is 59.8. The number of sulfonamides is 1. The first kappa shape index (κ1) is 23.5. The number of benzene rings is 2. The zero-order chi connectivity index (χ0) is 24.1. The molecule has 12 heteroatoms. The number of rotatable bonds is 10. The van der Waals surface area contributed by atoms with Gasteiger partial charge >= 0.3 is 6.43 Å². The number of nitrogens with zero attached hydrogens (tertiary/aromatic N) is 5. The third-order valence-electron chi connectivity index (χ3n) is 4.99. The summed E-state index contributed by atoms with van der Waals surface area (Å²) in [5.41, 5.74) is 2.08. The summed E-state index contributed by atoms with van der Waals surface area (Å²) in [6, 6.07) is 15.3. The van der Waals surface area contributed by atoms with Gasteiger partial charge in [-0.25, -0.2) is 13.4 Å². The average molecular weight is 490 g/mol. The molecule has 0 saturated carbocycles. The van der Waals surface area contributed by atoms with E-state index in [4.69, 9.17) is 9.52 Å². The molecule has 4 aromatic rings. The number of aryl methyl sites for hydroxylation is 1. The SMILES string of the molecule is O=S(=O)(CCn1cnc(CO)c1)N(Cc1ccc(-c2nnc(C(F)F)o2)cc1)c1ccccc1. The molecule has 1 N–H and O–H groups in total. The van der Waals surface area contributed by atoms with Crippen molar-refractivity contribution in [3.05, 3.63) is 84.3 Å². The number of halogens is 2. The van der Waals surface area contributed by atoms with E-state index in [9.17, 15) is 17.2 Å². The summed E-state index contributed by atoms with van der Waals surface area (Å²) in [6.07, 6.45) is 0.213. The van der Waals surface area contributed by atoms with Gasteiger partial charge in [-0.05, 0) is 29.8 Å². The summed E-state index contributed by atoms with van der Waals surface area (Å²) in [7, 11) is -3.74. The number of anilines is 1. The largest absolute Gasteiger partial charge is 0.415 e. The lowest BCUT2D eigenvalue weighted by atomic mass is 10.1. The molecule has 0 saturated heterocycles. The van der Waals surface area contributed by atoms with Crippen molar-refractivity contribution in [3.8, 4) is 11.5 Å². The van der Waals surface area contributed by atoms with Crippen molar-refractivity contribution in [1.29, 1.82) is 0 Å². The van der Waals surface area contributed by atoms with Crippen molar-refractivity contribution in [3.63, 3.8) is 0 Å². The van der Waals surface area contributed by atoms with E-state index in [0.717, 1.165) is 0 Å². The maximum Gasteiger partial charge on any atom is 0.314 e. The number of para-hydroxylation sites is 1. The van der Waals surface area contributed by atoms with Crippen LogP contribution in [0.25, 0.3) is 11.5 Å². The van der Waals surface area contributed by atoms with Crippen LogP contribution in [0.1, 0.15) is 23.6 Å². The van der Waals surface area contributed by atoms with E-state index < -0.39 is 22.3 Å². The van der Waals surface area contributed by atoms with Gasteiger partial charge < -0.3 is 14.1 Å². The first-order chi connectivity index (χ1) is 16.4. The first-order valence-corrected chi connectivity index (χ1v) is 11.8. The van der Waals surface area contributed by atoms with E-state index in [1.807, 2.05) is 0 Å². The van der Waals surface area contributed by atoms with Crippen LogP contribution in [-0.4, -0.2) is 39.0 Å². The lowest BCUT2D eigenvalue weighted by Gasteiger charge is -2.25. The van der Waals surface area contributed by atoms with E-state index in [0.29, 0.717) is 22.5 Å². The fourth-order valence-corrected chi connectivity index (χ4v) is 4.69. The van der Waals surface area contributed by atoms with Gasteiger partial charge in [0.2, 0.25) is 15.9 Å². The number of aromatic nitrogens is 4.